The van der Waals surface area contributed by atoms with Crippen molar-refractivity contribution in [2.75, 3.05) is 25.0 Å². The number of aromatic nitrogens is 4. The first-order valence-electron chi connectivity index (χ1n) is 10.9. The Balaban J connectivity index is 1.41. The van der Waals surface area contributed by atoms with E-state index in [-0.39, 0.29) is 17.6 Å². The molecule has 1 atom stereocenters. The molecule has 33 heavy (non-hydrogen) atoms. The number of hydrogen-bond donors (Lipinski definition) is 2. The summed E-state index contributed by atoms with van der Waals surface area (Å²) in [7, 11) is 0. The van der Waals surface area contributed by atoms with E-state index in [1.165, 1.54) is 18.3 Å². The number of pyridine rings is 1. The summed E-state index contributed by atoms with van der Waals surface area (Å²) in [5.41, 5.74) is 1.83. The maximum Gasteiger partial charge on any atom is 0.237 e. The van der Waals surface area contributed by atoms with Crippen molar-refractivity contribution in [1.82, 2.24) is 29.7 Å². The minimum Gasteiger partial charge on any atom is -0.353 e. The van der Waals surface area contributed by atoms with Crippen LogP contribution in [0.3, 0.4) is 0 Å². The van der Waals surface area contributed by atoms with Crippen LogP contribution in [0.5, 0.6) is 0 Å². The Morgan fingerprint density at radius 3 is 2.97 bits per heavy atom. The van der Waals surface area contributed by atoms with Gasteiger partial charge in [0.05, 0.1) is 29.0 Å². The highest BCUT2D eigenvalue weighted by Crippen LogP contribution is 2.30. The Morgan fingerprint density at radius 1 is 1.36 bits per heavy atom. The van der Waals surface area contributed by atoms with Crippen molar-refractivity contribution in [3.63, 3.8) is 0 Å². The molecule has 0 unspecified atom stereocenters. The number of nitrogens with zero attached hydrogens (tertiary/aromatic N) is 6. The molecule has 4 heterocycles. The van der Waals surface area contributed by atoms with Gasteiger partial charge in [-0.1, -0.05) is 18.3 Å². The van der Waals surface area contributed by atoms with Crippen LogP contribution in [0.4, 0.5) is 15.3 Å². The Hall–Kier alpha value is -3.18. The van der Waals surface area contributed by atoms with E-state index in [1.54, 1.807) is 18.7 Å². The van der Waals surface area contributed by atoms with E-state index in [9.17, 15) is 9.18 Å². The third-order valence-corrected chi connectivity index (χ3v) is 6.61. The van der Waals surface area contributed by atoms with Crippen molar-refractivity contribution in [2.45, 2.75) is 39.3 Å². The van der Waals surface area contributed by atoms with Gasteiger partial charge in [-0.15, -0.1) is 0 Å². The third-order valence-electron chi connectivity index (χ3n) is 5.69. The van der Waals surface area contributed by atoms with Gasteiger partial charge in [0.15, 0.2) is 5.13 Å². The average molecular weight is 471 g/mol. The summed E-state index contributed by atoms with van der Waals surface area (Å²) in [5.74, 6) is 0.271. The molecule has 4 rings (SSSR count). The summed E-state index contributed by atoms with van der Waals surface area (Å²) < 4.78 is 15.6. The molecule has 0 aromatic carbocycles. The highest BCUT2D eigenvalue weighted by molar-refractivity contribution is 7.16. The fourth-order valence-electron chi connectivity index (χ4n) is 4.03. The Bertz CT molecular complexity index is 1180. The van der Waals surface area contributed by atoms with E-state index >= 15 is 0 Å². The Kier molecular flexibility index (Phi) is 7.09. The zero-order chi connectivity index (χ0) is 23.4. The molecule has 3 aromatic rings. The highest BCUT2D eigenvalue weighted by atomic mass is 32.1. The van der Waals surface area contributed by atoms with Crippen molar-refractivity contribution in [2.24, 2.45) is 4.99 Å². The van der Waals surface area contributed by atoms with Crippen molar-refractivity contribution in [1.29, 1.82) is 0 Å². The first kappa shape index (κ1) is 23.0. The van der Waals surface area contributed by atoms with Gasteiger partial charge in [-0.2, -0.15) is 0 Å². The predicted molar refractivity (Wildman–Crippen MR) is 129 cm³/mol. The fourth-order valence-corrected chi connectivity index (χ4v) is 4.91. The van der Waals surface area contributed by atoms with Gasteiger partial charge in [0.2, 0.25) is 5.91 Å². The summed E-state index contributed by atoms with van der Waals surface area (Å²) in [6.07, 6.45) is 6.96. The Morgan fingerprint density at radius 2 is 2.21 bits per heavy atom. The van der Waals surface area contributed by atoms with Crippen LogP contribution in [0, 0.1) is 0 Å². The number of thiazole rings is 1. The molecule has 1 aliphatic rings. The van der Waals surface area contributed by atoms with E-state index in [1.807, 2.05) is 10.6 Å². The third kappa shape index (κ3) is 5.09. The van der Waals surface area contributed by atoms with Gasteiger partial charge in [0.25, 0.3) is 0 Å². The van der Waals surface area contributed by atoms with Crippen LogP contribution in [0.15, 0.2) is 35.6 Å². The molecule has 3 aromatic heterocycles. The molecular weight excluding hydrogens is 443 g/mol. The number of likely N-dealkylation sites (N-methyl/N-ethyl adjacent to an activating group) is 1. The number of amides is 1. The minimum atomic E-state index is -0.411. The molecule has 9 nitrogen and oxygen atoms in total. The van der Waals surface area contributed by atoms with Gasteiger partial charge in [-0.25, -0.2) is 19.3 Å². The summed E-state index contributed by atoms with van der Waals surface area (Å²) >= 11 is 1.26. The lowest BCUT2D eigenvalue weighted by Gasteiger charge is -2.21. The van der Waals surface area contributed by atoms with Crippen molar-refractivity contribution in [3.8, 4) is 0 Å². The normalized spacial score (nSPS) is 17.2. The number of imidazole rings is 1. The number of carbonyl (C=O) groups is 1. The molecule has 0 aliphatic carbocycles. The standard InChI is InChI=1S/C22H27FN8OS/c1-4-30-8-5-6-16(30)21(32)25-7-9-31-13-28-15-11-26-19(10-17(15)31)29-22-27-12-18(33-22)20(24-3)14(2)23/h10-13,16H,3-9H2,1-2H3,(H,25,32)(H,26,27,29)/b20-14+/t16-/m0/s1. The van der Waals surface area contributed by atoms with Gasteiger partial charge >= 0.3 is 0 Å². The molecule has 0 spiro atoms. The van der Waals surface area contributed by atoms with Crippen LogP contribution in [-0.4, -0.2) is 62.7 Å². The van der Waals surface area contributed by atoms with Gasteiger partial charge in [-0.3, -0.25) is 14.7 Å². The van der Waals surface area contributed by atoms with Gasteiger partial charge in [-0.05, 0) is 39.6 Å². The molecule has 1 amide bonds. The second-order valence-electron chi connectivity index (χ2n) is 7.77. The average Bonchev–Trinajstić information content (AvgIpc) is 3.54. The van der Waals surface area contributed by atoms with E-state index in [2.05, 4.69) is 49.1 Å². The smallest absolute Gasteiger partial charge is 0.237 e. The summed E-state index contributed by atoms with van der Waals surface area (Å²) in [6, 6.07) is 1.86. The molecule has 0 saturated carbocycles. The second kappa shape index (κ2) is 10.2. The monoisotopic (exact) mass is 470 g/mol. The van der Waals surface area contributed by atoms with E-state index in [4.69, 9.17) is 0 Å². The maximum absolute atomic E-state index is 13.6. The first-order valence-corrected chi connectivity index (χ1v) is 11.7. The number of rotatable bonds is 9. The lowest BCUT2D eigenvalue weighted by atomic mass is 10.2. The van der Waals surface area contributed by atoms with Crippen molar-refractivity contribution >= 4 is 51.6 Å². The van der Waals surface area contributed by atoms with Crippen LogP contribution < -0.4 is 10.6 Å². The molecule has 174 valence electrons. The molecule has 1 fully saturated rings. The van der Waals surface area contributed by atoms with Crippen LogP contribution in [0.1, 0.15) is 31.6 Å². The van der Waals surface area contributed by atoms with Gasteiger partial charge in [0, 0.05) is 25.4 Å². The number of aliphatic imine (C=N–C) groups is 1. The molecule has 0 radical (unpaired) electrons. The molecule has 0 bridgehead atoms. The predicted octanol–water partition coefficient (Wildman–Crippen LogP) is 3.59. The molecule has 1 aliphatic heterocycles. The lowest BCUT2D eigenvalue weighted by molar-refractivity contribution is -0.125. The quantitative estimate of drug-likeness (QED) is 0.464. The second-order valence-corrected chi connectivity index (χ2v) is 8.80. The highest BCUT2D eigenvalue weighted by Gasteiger charge is 2.28. The number of fused-ring (bicyclic) bond motifs is 1. The number of allylic oxidation sites excluding steroid dienone is 1. The number of nitrogens with one attached hydrogen (secondary N) is 2. The molecule has 2 N–H and O–H groups in total. The lowest BCUT2D eigenvalue weighted by Crippen LogP contribution is -2.43. The zero-order valence-electron chi connectivity index (χ0n) is 18.7. The number of halogens is 1. The topological polar surface area (TPSA) is 100 Å². The molecular formula is C22H27FN8OS. The van der Waals surface area contributed by atoms with E-state index in [0.29, 0.717) is 28.9 Å². The number of carbonyl (C=O) groups excluding carboxylic acids is 1. The Labute approximate surface area is 195 Å². The first-order chi connectivity index (χ1) is 16.0. The maximum atomic E-state index is 13.6. The fraction of sp³-hybridized carbons (Fsp3) is 0.409. The van der Waals surface area contributed by atoms with E-state index < -0.39 is 5.83 Å². The van der Waals surface area contributed by atoms with Crippen LogP contribution in [0.25, 0.3) is 16.7 Å². The molecule has 1 saturated heterocycles. The van der Waals surface area contributed by atoms with Crippen LogP contribution in [0.2, 0.25) is 0 Å². The zero-order valence-corrected chi connectivity index (χ0v) is 19.5. The van der Waals surface area contributed by atoms with Gasteiger partial charge in [0.1, 0.15) is 22.9 Å². The largest absolute Gasteiger partial charge is 0.353 e. The van der Waals surface area contributed by atoms with Crippen LogP contribution in [-0.2, 0) is 11.3 Å². The van der Waals surface area contributed by atoms with Crippen molar-refractivity contribution < 1.29 is 9.18 Å². The summed E-state index contributed by atoms with van der Waals surface area (Å²) in [4.78, 5) is 32.1. The van der Waals surface area contributed by atoms with Crippen LogP contribution >= 0.6 is 11.3 Å². The molecule has 11 heteroatoms. The SMILES string of the molecule is C=N/C(=C(\C)F)c1cnc(Nc2cc3c(cn2)ncn3CCNC(=O)[C@@H]2CCCN2CC)s1. The summed E-state index contributed by atoms with van der Waals surface area (Å²) in [6.45, 7) is 9.83. The number of likely N-dealkylation sites (tertiary alicyclic amines) is 1. The number of anilines is 2. The summed E-state index contributed by atoms with van der Waals surface area (Å²) in [5, 5.41) is 6.77. The van der Waals surface area contributed by atoms with Crippen molar-refractivity contribution in [3.05, 3.63) is 35.5 Å². The van der Waals surface area contributed by atoms with Gasteiger partial charge < -0.3 is 15.2 Å². The minimum absolute atomic E-state index is 0.0226. The van der Waals surface area contributed by atoms with E-state index in [0.717, 1.165) is 37.0 Å². The number of hydrogen-bond acceptors (Lipinski definition) is 8.